The van der Waals surface area contributed by atoms with Crippen LogP contribution in [0.4, 0.5) is 13.2 Å². The minimum atomic E-state index is -4.63. The molecule has 1 aromatic heterocycles. The normalized spacial score (nSPS) is 12.1. The molecule has 5 nitrogen and oxygen atoms in total. The van der Waals surface area contributed by atoms with Gasteiger partial charge in [-0.2, -0.15) is 18.3 Å². The highest BCUT2D eigenvalue weighted by molar-refractivity contribution is 9.10. The summed E-state index contributed by atoms with van der Waals surface area (Å²) in [5.41, 5.74) is 1.37. The van der Waals surface area contributed by atoms with Crippen LogP contribution in [0.3, 0.4) is 0 Å². The number of aromatic nitrogens is 2. The Hall–Kier alpha value is -2.29. The van der Waals surface area contributed by atoms with E-state index in [2.05, 4.69) is 25.8 Å². The SMILES string of the molecule is CCO/C(=C\Oc1ccc(Cn2cc(C(=O)CC)cn2)cc1Br)C(F)(F)F. The van der Waals surface area contributed by atoms with Crippen molar-refractivity contribution in [1.29, 1.82) is 0 Å². The number of ether oxygens (including phenoxy) is 2. The first kappa shape index (κ1) is 21.0. The topological polar surface area (TPSA) is 53.4 Å². The molecular formula is C18H18BrF3N2O3. The molecule has 0 amide bonds. The highest BCUT2D eigenvalue weighted by Gasteiger charge is 2.36. The summed E-state index contributed by atoms with van der Waals surface area (Å²) in [7, 11) is 0. The molecule has 9 heteroatoms. The van der Waals surface area contributed by atoms with Crippen molar-refractivity contribution in [2.24, 2.45) is 0 Å². The Morgan fingerprint density at radius 1 is 1.33 bits per heavy atom. The Bertz CT molecular complexity index is 831. The number of rotatable bonds is 8. The van der Waals surface area contributed by atoms with E-state index in [0.717, 1.165) is 5.56 Å². The fraction of sp³-hybridized carbons (Fsp3) is 0.333. The minimum Gasteiger partial charge on any atom is -0.487 e. The van der Waals surface area contributed by atoms with Gasteiger partial charge in [0.1, 0.15) is 12.0 Å². The Balaban J connectivity index is 2.11. The number of halogens is 4. The number of benzene rings is 1. The van der Waals surface area contributed by atoms with Gasteiger partial charge in [-0.05, 0) is 40.5 Å². The van der Waals surface area contributed by atoms with Crippen molar-refractivity contribution in [2.45, 2.75) is 33.0 Å². The number of hydrogen-bond donors (Lipinski definition) is 0. The second-order valence-corrected chi connectivity index (χ2v) is 6.35. The van der Waals surface area contributed by atoms with Crippen LogP contribution in [0, 0.1) is 0 Å². The number of carbonyl (C=O) groups is 1. The molecule has 0 spiro atoms. The van der Waals surface area contributed by atoms with Gasteiger partial charge < -0.3 is 9.47 Å². The second kappa shape index (κ2) is 9.07. The number of nitrogens with zero attached hydrogens (tertiary/aromatic N) is 2. The van der Waals surface area contributed by atoms with Gasteiger partial charge in [-0.25, -0.2) is 0 Å². The van der Waals surface area contributed by atoms with Crippen LogP contribution in [-0.2, 0) is 11.3 Å². The Kier molecular flexibility index (Phi) is 7.06. The monoisotopic (exact) mass is 446 g/mol. The molecule has 27 heavy (non-hydrogen) atoms. The van der Waals surface area contributed by atoms with Gasteiger partial charge in [0.15, 0.2) is 5.78 Å². The highest BCUT2D eigenvalue weighted by Crippen LogP contribution is 2.30. The summed E-state index contributed by atoms with van der Waals surface area (Å²) in [5, 5.41) is 4.14. The Morgan fingerprint density at radius 2 is 2.07 bits per heavy atom. The molecule has 0 fully saturated rings. The van der Waals surface area contributed by atoms with E-state index in [1.807, 2.05) is 0 Å². The summed E-state index contributed by atoms with van der Waals surface area (Å²) in [6.07, 6.45) is -0.520. The van der Waals surface area contributed by atoms with E-state index in [0.29, 0.717) is 29.3 Å². The summed E-state index contributed by atoms with van der Waals surface area (Å²) in [6.45, 7) is 3.51. The van der Waals surface area contributed by atoms with E-state index in [9.17, 15) is 18.0 Å². The number of ketones is 1. The summed E-state index contributed by atoms with van der Waals surface area (Å²) in [5.74, 6) is -0.985. The fourth-order valence-electron chi connectivity index (χ4n) is 2.18. The zero-order chi connectivity index (χ0) is 20.0. The maximum absolute atomic E-state index is 12.8. The van der Waals surface area contributed by atoms with Gasteiger partial charge in [0, 0.05) is 12.6 Å². The van der Waals surface area contributed by atoms with E-state index in [4.69, 9.17) is 4.74 Å². The van der Waals surface area contributed by atoms with Crippen LogP contribution in [0.15, 0.2) is 47.1 Å². The molecule has 0 unspecified atom stereocenters. The smallest absolute Gasteiger partial charge is 0.452 e. The van der Waals surface area contributed by atoms with Crippen LogP contribution < -0.4 is 4.74 Å². The Morgan fingerprint density at radius 3 is 2.67 bits per heavy atom. The van der Waals surface area contributed by atoms with Crippen molar-refractivity contribution in [1.82, 2.24) is 9.78 Å². The predicted molar refractivity (Wildman–Crippen MR) is 96.5 cm³/mol. The van der Waals surface area contributed by atoms with Gasteiger partial charge in [-0.15, -0.1) is 0 Å². The number of Topliss-reactive ketones (excluding diaryl/α,β-unsaturated/α-hetero) is 1. The van der Waals surface area contributed by atoms with Gasteiger partial charge in [0.2, 0.25) is 5.76 Å². The highest BCUT2D eigenvalue weighted by atomic mass is 79.9. The predicted octanol–water partition coefficient (Wildman–Crippen LogP) is 5.11. The molecule has 1 aromatic carbocycles. The lowest BCUT2D eigenvalue weighted by atomic mass is 10.2. The molecular weight excluding hydrogens is 429 g/mol. The summed E-state index contributed by atoms with van der Waals surface area (Å²) >= 11 is 3.28. The zero-order valence-electron chi connectivity index (χ0n) is 14.7. The maximum atomic E-state index is 12.8. The van der Waals surface area contributed by atoms with E-state index >= 15 is 0 Å². The Labute approximate surface area is 162 Å². The average molecular weight is 447 g/mol. The van der Waals surface area contributed by atoms with Gasteiger partial charge >= 0.3 is 6.18 Å². The third-order valence-electron chi connectivity index (χ3n) is 3.49. The van der Waals surface area contributed by atoms with Gasteiger partial charge in [0.05, 0.1) is 29.4 Å². The molecule has 146 valence electrons. The number of allylic oxidation sites excluding steroid dienone is 1. The van der Waals surface area contributed by atoms with Crippen LogP contribution in [0.5, 0.6) is 5.75 Å². The fourth-order valence-corrected chi connectivity index (χ4v) is 2.70. The molecule has 0 aliphatic heterocycles. The van der Waals surface area contributed by atoms with E-state index in [1.54, 1.807) is 29.9 Å². The van der Waals surface area contributed by atoms with Crippen LogP contribution in [-0.4, -0.2) is 28.3 Å². The van der Waals surface area contributed by atoms with E-state index in [1.165, 1.54) is 19.2 Å². The quantitative estimate of drug-likeness (QED) is 0.417. The average Bonchev–Trinajstić information content (AvgIpc) is 3.06. The van der Waals surface area contributed by atoms with Gasteiger partial charge in [-0.1, -0.05) is 13.0 Å². The minimum absolute atomic E-state index is 0.00716. The molecule has 0 atom stereocenters. The number of hydrogen-bond acceptors (Lipinski definition) is 4. The van der Waals surface area contributed by atoms with Gasteiger partial charge in [-0.3, -0.25) is 9.48 Å². The lowest BCUT2D eigenvalue weighted by Crippen LogP contribution is -2.15. The molecule has 2 rings (SSSR count). The molecule has 0 bridgehead atoms. The van der Waals surface area contributed by atoms with E-state index < -0.39 is 11.9 Å². The largest absolute Gasteiger partial charge is 0.487 e. The van der Waals surface area contributed by atoms with Crippen LogP contribution in [0.1, 0.15) is 36.2 Å². The number of carbonyl (C=O) groups excluding carboxylic acids is 1. The standard InChI is InChI=1S/C18H18BrF3N2O3/c1-3-15(25)13-8-23-24(10-13)9-12-5-6-16(14(19)7-12)27-11-17(26-4-2)18(20,21)22/h5-8,10-11H,3-4,9H2,1-2H3/b17-11-. The molecule has 0 saturated heterocycles. The van der Waals surface area contributed by atoms with E-state index in [-0.39, 0.29) is 18.1 Å². The van der Waals surface area contributed by atoms with Crippen molar-refractivity contribution < 1.29 is 27.4 Å². The summed E-state index contributed by atoms with van der Waals surface area (Å²) < 4.78 is 50.1. The van der Waals surface area contributed by atoms with Crippen molar-refractivity contribution >= 4 is 21.7 Å². The molecule has 2 aromatic rings. The van der Waals surface area contributed by atoms with Crippen LogP contribution >= 0.6 is 15.9 Å². The lowest BCUT2D eigenvalue weighted by molar-refractivity contribution is -0.132. The first-order valence-electron chi connectivity index (χ1n) is 8.15. The first-order valence-corrected chi connectivity index (χ1v) is 8.94. The van der Waals surface area contributed by atoms with Crippen LogP contribution in [0.2, 0.25) is 0 Å². The second-order valence-electron chi connectivity index (χ2n) is 5.50. The van der Waals surface area contributed by atoms with Crippen molar-refractivity contribution in [3.8, 4) is 5.75 Å². The first-order chi connectivity index (χ1) is 12.7. The van der Waals surface area contributed by atoms with Gasteiger partial charge in [0.25, 0.3) is 0 Å². The number of alkyl halides is 3. The van der Waals surface area contributed by atoms with Crippen molar-refractivity contribution in [3.05, 3.63) is 58.2 Å². The molecule has 0 saturated carbocycles. The molecule has 0 aliphatic carbocycles. The molecule has 1 heterocycles. The van der Waals surface area contributed by atoms with Crippen molar-refractivity contribution in [3.63, 3.8) is 0 Å². The third kappa shape index (κ3) is 5.85. The van der Waals surface area contributed by atoms with Crippen LogP contribution in [0.25, 0.3) is 0 Å². The molecule has 0 N–H and O–H groups in total. The zero-order valence-corrected chi connectivity index (χ0v) is 16.3. The molecule has 0 aliphatic rings. The third-order valence-corrected chi connectivity index (χ3v) is 4.11. The maximum Gasteiger partial charge on any atom is 0.452 e. The molecule has 0 radical (unpaired) electrons. The van der Waals surface area contributed by atoms with Crippen molar-refractivity contribution in [2.75, 3.05) is 6.61 Å². The lowest BCUT2D eigenvalue weighted by Gasteiger charge is -2.12. The summed E-state index contributed by atoms with van der Waals surface area (Å²) in [4.78, 5) is 11.6. The summed E-state index contributed by atoms with van der Waals surface area (Å²) in [6, 6.07) is 4.95.